The Morgan fingerprint density at radius 2 is 1.97 bits per heavy atom. The fourth-order valence-electron chi connectivity index (χ4n) is 4.10. The molecule has 0 fully saturated rings. The lowest BCUT2D eigenvalue weighted by molar-refractivity contribution is 0.0698. The molecule has 3 N–H and O–H groups in total. The van der Waals surface area contributed by atoms with Crippen molar-refractivity contribution in [1.82, 2.24) is 9.97 Å². The number of aryl methyl sites for hydroxylation is 1. The first kappa shape index (κ1) is 20.5. The standard InChI is InChI=1S/C26H21N3O4/c1-14-9-18(15(2)28-20-6-4-3-5-17(20)26(31)32)25-19(10-14)23(30)12-24(33-25)21-11-16-7-8-27-13-22(16)29-21/h3-13,15,28-29H,1-2H3,(H,31,32). The third-order valence-corrected chi connectivity index (χ3v) is 5.69. The molecule has 0 bridgehead atoms. The molecule has 164 valence electrons. The van der Waals surface area contributed by atoms with E-state index in [1.165, 1.54) is 6.07 Å². The summed E-state index contributed by atoms with van der Waals surface area (Å²) in [7, 11) is 0. The van der Waals surface area contributed by atoms with Gasteiger partial charge in [-0.15, -0.1) is 0 Å². The zero-order valence-corrected chi connectivity index (χ0v) is 18.0. The van der Waals surface area contributed by atoms with Gasteiger partial charge in [-0.05, 0) is 49.7 Å². The Labute approximate surface area is 188 Å². The van der Waals surface area contributed by atoms with E-state index in [4.69, 9.17) is 4.42 Å². The predicted molar refractivity (Wildman–Crippen MR) is 128 cm³/mol. The molecule has 3 aromatic heterocycles. The molecule has 0 radical (unpaired) electrons. The van der Waals surface area contributed by atoms with Crippen LogP contribution in [-0.2, 0) is 0 Å². The normalized spacial score (nSPS) is 12.2. The number of para-hydroxylation sites is 1. The first-order valence-electron chi connectivity index (χ1n) is 10.5. The lowest BCUT2D eigenvalue weighted by atomic mass is 10.0. The third kappa shape index (κ3) is 3.74. The number of carboxylic acid groups (broad SMARTS) is 1. The number of fused-ring (bicyclic) bond motifs is 2. The molecule has 1 unspecified atom stereocenters. The van der Waals surface area contributed by atoms with Crippen molar-refractivity contribution in [1.29, 1.82) is 0 Å². The van der Waals surface area contributed by atoms with E-state index in [2.05, 4.69) is 15.3 Å². The van der Waals surface area contributed by atoms with Gasteiger partial charge in [-0.3, -0.25) is 9.78 Å². The van der Waals surface area contributed by atoms with Gasteiger partial charge in [0.2, 0.25) is 0 Å². The second-order valence-corrected chi connectivity index (χ2v) is 8.07. The van der Waals surface area contributed by atoms with E-state index >= 15 is 0 Å². The maximum absolute atomic E-state index is 13.0. The largest absolute Gasteiger partial charge is 0.478 e. The molecular weight excluding hydrogens is 418 g/mol. The highest BCUT2D eigenvalue weighted by Gasteiger charge is 2.19. The van der Waals surface area contributed by atoms with Crippen molar-refractivity contribution < 1.29 is 14.3 Å². The van der Waals surface area contributed by atoms with Crippen LogP contribution in [0.2, 0.25) is 0 Å². The molecule has 0 saturated carbocycles. The molecule has 7 heteroatoms. The topological polar surface area (TPSA) is 108 Å². The van der Waals surface area contributed by atoms with Crippen molar-refractivity contribution in [3.8, 4) is 11.5 Å². The van der Waals surface area contributed by atoms with Crippen molar-refractivity contribution in [2.24, 2.45) is 0 Å². The predicted octanol–water partition coefficient (Wildman–Crippen LogP) is 5.52. The number of carbonyl (C=O) groups is 1. The van der Waals surface area contributed by atoms with Crippen molar-refractivity contribution in [2.75, 3.05) is 5.32 Å². The molecule has 33 heavy (non-hydrogen) atoms. The van der Waals surface area contributed by atoms with Gasteiger partial charge in [0, 0.05) is 28.9 Å². The maximum atomic E-state index is 13.0. The van der Waals surface area contributed by atoms with Crippen LogP contribution in [0.4, 0.5) is 5.69 Å². The molecule has 3 heterocycles. The molecule has 0 saturated heterocycles. The number of aromatic amines is 1. The van der Waals surface area contributed by atoms with Gasteiger partial charge in [0.25, 0.3) is 0 Å². The quantitative estimate of drug-likeness (QED) is 0.333. The summed E-state index contributed by atoms with van der Waals surface area (Å²) in [4.78, 5) is 32.0. The van der Waals surface area contributed by atoms with Gasteiger partial charge < -0.3 is 19.8 Å². The maximum Gasteiger partial charge on any atom is 0.337 e. The van der Waals surface area contributed by atoms with Crippen LogP contribution < -0.4 is 10.7 Å². The number of carboxylic acids is 1. The Bertz CT molecular complexity index is 1550. The van der Waals surface area contributed by atoms with E-state index in [0.29, 0.717) is 28.1 Å². The zero-order chi connectivity index (χ0) is 23.1. The highest BCUT2D eigenvalue weighted by molar-refractivity contribution is 5.94. The average Bonchev–Trinajstić information content (AvgIpc) is 3.23. The molecule has 0 aliphatic heterocycles. The highest BCUT2D eigenvalue weighted by Crippen LogP contribution is 2.31. The average molecular weight is 439 g/mol. The Morgan fingerprint density at radius 3 is 2.76 bits per heavy atom. The van der Waals surface area contributed by atoms with Crippen molar-refractivity contribution in [3.63, 3.8) is 0 Å². The van der Waals surface area contributed by atoms with Crippen LogP contribution >= 0.6 is 0 Å². The number of aromatic carboxylic acids is 1. The Kier molecular flexibility index (Phi) is 4.94. The Balaban J connectivity index is 1.64. The Morgan fingerprint density at radius 1 is 1.15 bits per heavy atom. The van der Waals surface area contributed by atoms with Crippen LogP contribution in [-0.4, -0.2) is 21.0 Å². The summed E-state index contributed by atoms with van der Waals surface area (Å²) in [5.41, 5.74) is 4.19. The second kappa shape index (κ2) is 7.94. The van der Waals surface area contributed by atoms with E-state index in [0.717, 1.165) is 22.0 Å². The summed E-state index contributed by atoms with van der Waals surface area (Å²) < 4.78 is 6.27. The molecule has 7 nitrogen and oxygen atoms in total. The van der Waals surface area contributed by atoms with Gasteiger partial charge in [-0.1, -0.05) is 18.2 Å². The fraction of sp³-hybridized carbons (Fsp3) is 0.115. The summed E-state index contributed by atoms with van der Waals surface area (Å²) in [6.45, 7) is 3.83. The van der Waals surface area contributed by atoms with Gasteiger partial charge in [0.05, 0.1) is 34.4 Å². The fourth-order valence-corrected chi connectivity index (χ4v) is 4.10. The number of hydrogen-bond donors (Lipinski definition) is 3. The molecular formula is C26H21N3O4. The van der Waals surface area contributed by atoms with E-state index in [9.17, 15) is 14.7 Å². The first-order valence-corrected chi connectivity index (χ1v) is 10.5. The number of pyridine rings is 1. The highest BCUT2D eigenvalue weighted by atomic mass is 16.4. The molecule has 0 aliphatic carbocycles. The van der Waals surface area contributed by atoms with Crippen molar-refractivity contribution in [2.45, 2.75) is 19.9 Å². The summed E-state index contributed by atoms with van der Waals surface area (Å²) in [5, 5.41) is 14.2. The third-order valence-electron chi connectivity index (χ3n) is 5.69. The summed E-state index contributed by atoms with van der Waals surface area (Å²) in [6, 6.07) is 15.5. The Hall–Kier alpha value is -4.39. The van der Waals surface area contributed by atoms with Crippen molar-refractivity contribution in [3.05, 3.63) is 93.9 Å². The number of hydrogen-bond acceptors (Lipinski definition) is 5. The molecule has 0 spiro atoms. The summed E-state index contributed by atoms with van der Waals surface area (Å²) in [5.74, 6) is -0.589. The lowest BCUT2D eigenvalue weighted by Gasteiger charge is -2.19. The van der Waals surface area contributed by atoms with Gasteiger partial charge >= 0.3 is 5.97 Å². The van der Waals surface area contributed by atoms with Gasteiger partial charge in [0.15, 0.2) is 11.2 Å². The second-order valence-electron chi connectivity index (χ2n) is 8.07. The molecule has 0 aliphatic rings. The van der Waals surface area contributed by atoms with Gasteiger partial charge in [-0.25, -0.2) is 4.79 Å². The minimum atomic E-state index is -1.01. The molecule has 5 rings (SSSR count). The van der Waals surface area contributed by atoms with E-state index in [1.54, 1.807) is 36.7 Å². The zero-order valence-electron chi connectivity index (χ0n) is 18.0. The van der Waals surface area contributed by atoms with Crippen molar-refractivity contribution >= 4 is 33.5 Å². The number of nitrogens with one attached hydrogen (secondary N) is 2. The van der Waals surface area contributed by atoms with Crippen LogP contribution in [0.25, 0.3) is 33.3 Å². The monoisotopic (exact) mass is 439 g/mol. The molecule has 2 aromatic carbocycles. The summed E-state index contributed by atoms with van der Waals surface area (Å²) >= 11 is 0. The first-order chi connectivity index (χ1) is 15.9. The number of H-pyrrole nitrogens is 1. The van der Waals surface area contributed by atoms with E-state index < -0.39 is 5.97 Å². The number of aromatic nitrogens is 2. The van der Waals surface area contributed by atoms with Gasteiger partial charge in [-0.2, -0.15) is 0 Å². The minimum Gasteiger partial charge on any atom is -0.478 e. The SMILES string of the molecule is Cc1cc(C(C)Nc2ccccc2C(=O)O)c2oc(-c3cc4ccncc4[nH]3)cc(=O)c2c1. The number of rotatable bonds is 5. The van der Waals surface area contributed by atoms with Crippen LogP contribution in [0.15, 0.2) is 76.2 Å². The minimum absolute atomic E-state index is 0.147. The van der Waals surface area contributed by atoms with E-state index in [-0.39, 0.29) is 17.0 Å². The van der Waals surface area contributed by atoms with Crippen LogP contribution in [0.3, 0.4) is 0 Å². The van der Waals surface area contributed by atoms with Crippen LogP contribution in [0, 0.1) is 6.92 Å². The summed E-state index contributed by atoms with van der Waals surface area (Å²) in [6.07, 6.45) is 3.43. The number of benzene rings is 2. The molecule has 5 aromatic rings. The van der Waals surface area contributed by atoms with Gasteiger partial charge in [0.1, 0.15) is 5.58 Å². The molecule has 0 amide bonds. The number of nitrogens with zero attached hydrogens (tertiary/aromatic N) is 1. The van der Waals surface area contributed by atoms with Crippen LogP contribution in [0.1, 0.15) is 34.5 Å². The number of anilines is 1. The van der Waals surface area contributed by atoms with E-state index in [1.807, 2.05) is 38.1 Å². The molecule has 1 atom stereocenters. The smallest absolute Gasteiger partial charge is 0.337 e. The van der Waals surface area contributed by atoms with Crippen LogP contribution in [0.5, 0.6) is 0 Å². The lowest BCUT2D eigenvalue weighted by Crippen LogP contribution is -2.12.